The third kappa shape index (κ3) is 6.54. The number of hydrogen-bond donors (Lipinski definition) is 3. The van der Waals surface area contributed by atoms with Gasteiger partial charge in [0.2, 0.25) is 0 Å². The maximum Gasteiger partial charge on any atom is 0.123 e. The van der Waals surface area contributed by atoms with Gasteiger partial charge in [0, 0.05) is 19.2 Å². The third-order valence-electron chi connectivity index (χ3n) is 3.24. The van der Waals surface area contributed by atoms with Crippen LogP contribution in [0.4, 0.5) is 4.39 Å². The van der Waals surface area contributed by atoms with Crippen molar-refractivity contribution in [3.05, 3.63) is 59.9 Å². The van der Waals surface area contributed by atoms with Crippen LogP contribution in [0.1, 0.15) is 5.56 Å². The van der Waals surface area contributed by atoms with Crippen LogP contribution < -0.4 is 14.8 Å². The van der Waals surface area contributed by atoms with Crippen molar-refractivity contribution in [1.29, 1.82) is 0 Å². The average Bonchev–Trinajstić information content (AvgIpc) is 2.60. The molecule has 3 N–H and O–H groups in total. The Bertz CT molecular complexity index is 606. The lowest BCUT2D eigenvalue weighted by Crippen LogP contribution is -2.32. The SMILES string of the molecule is OCCNC[C@H](O)COc1cccc(OCc2ccc(F)cc2)c1. The zero-order chi connectivity index (χ0) is 17.2. The molecule has 6 heteroatoms. The molecule has 2 aromatic carbocycles. The highest BCUT2D eigenvalue weighted by atomic mass is 19.1. The van der Waals surface area contributed by atoms with Gasteiger partial charge in [-0.15, -0.1) is 0 Å². The Morgan fingerprint density at radius 3 is 2.46 bits per heavy atom. The van der Waals surface area contributed by atoms with Gasteiger partial charge in [-0.25, -0.2) is 4.39 Å². The largest absolute Gasteiger partial charge is 0.491 e. The van der Waals surface area contributed by atoms with E-state index in [1.54, 1.807) is 36.4 Å². The first-order valence-corrected chi connectivity index (χ1v) is 7.77. The molecule has 0 saturated carbocycles. The normalized spacial score (nSPS) is 12.0. The zero-order valence-corrected chi connectivity index (χ0v) is 13.3. The molecule has 0 fully saturated rings. The molecular formula is C18H22FNO4. The summed E-state index contributed by atoms with van der Waals surface area (Å²) in [5.41, 5.74) is 0.869. The van der Waals surface area contributed by atoms with Crippen molar-refractivity contribution in [2.75, 3.05) is 26.3 Å². The first kappa shape index (κ1) is 18.2. The second kappa shape index (κ2) is 9.87. The second-order valence-corrected chi connectivity index (χ2v) is 5.28. The first-order valence-electron chi connectivity index (χ1n) is 7.77. The van der Waals surface area contributed by atoms with Crippen molar-refractivity contribution in [3.63, 3.8) is 0 Å². The molecule has 130 valence electrons. The molecule has 2 rings (SSSR count). The van der Waals surface area contributed by atoms with E-state index in [0.29, 0.717) is 31.2 Å². The van der Waals surface area contributed by atoms with Gasteiger partial charge in [0.05, 0.1) is 6.61 Å². The maximum absolute atomic E-state index is 12.9. The number of benzene rings is 2. The molecule has 0 spiro atoms. The van der Waals surface area contributed by atoms with Crippen LogP contribution in [0.25, 0.3) is 0 Å². The van der Waals surface area contributed by atoms with Crippen LogP contribution in [0.15, 0.2) is 48.5 Å². The predicted molar refractivity (Wildman–Crippen MR) is 88.6 cm³/mol. The van der Waals surface area contributed by atoms with Gasteiger partial charge in [-0.05, 0) is 29.8 Å². The number of halogens is 1. The Hall–Kier alpha value is -2.15. The van der Waals surface area contributed by atoms with E-state index in [0.717, 1.165) is 5.56 Å². The van der Waals surface area contributed by atoms with E-state index < -0.39 is 6.10 Å². The molecule has 0 heterocycles. The van der Waals surface area contributed by atoms with Crippen LogP contribution in [0.5, 0.6) is 11.5 Å². The zero-order valence-electron chi connectivity index (χ0n) is 13.3. The lowest BCUT2D eigenvalue weighted by molar-refractivity contribution is 0.105. The van der Waals surface area contributed by atoms with Crippen LogP contribution in [0, 0.1) is 5.82 Å². The fourth-order valence-corrected chi connectivity index (χ4v) is 2.00. The molecule has 0 amide bonds. The van der Waals surface area contributed by atoms with Crippen molar-refractivity contribution in [1.82, 2.24) is 5.32 Å². The van der Waals surface area contributed by atoms with E-state index in [1.807, 2.05) is 0 Å². The molecule has 0 aliphatic carbocycles. The Morgan fingerprint density at radius 1 is 1.04 bits per heavy atom. The number of hydrogen-bond acceptors (Lipinski definition) is 5. The van der Waals surface area contributed by atoms with Gasteiger partial charge in [-0.1, -0.05) is 18.2 Å². The minimum absolute atomic E-state index is 0.0288. The number of rotatable bonds is 10. The highest BCUT2D eigenvalue weighted by molar-refractivity contribution is 5.33. The van der Waals surface area contributed by atoms with Crippen molar-refractivity contribution >= 4 is 0 Å². The molecule has 5 nitrogen and oxygen atoms in total. The molecule has 24 heavy (non-hydrogen) atoms. The van der Waals surface area contributed by atoms with E-state index in [1.165, 1.54) is 12.1 Å². The standard InChI is InChI=1S/C18H22FNO4/c19-15-6-4-14(5-7-15)12-23-17-2-1-3-18(10-17)24-13-16(22)11-20-8-9-21/h1-7,10,16,20-22H,8-9,11-13H2/t16-/m0/s1. The van der Waals surface area contributed by atoms with Crippen molar-refractivity contribution in [3.8, 4) is 11.5 Å². The fraction of sp³-hybridized carbons (Fsp3) is 0.333. The summed E-state index contributed by atoms with van der Waals surface area (Å²) in [6.45, 7) is 1.28. The summed E-state index contributed by atoms with van der Waals surface area (Å²) in [4.78, 5) is 0. The van der Waals surface area contributed by atoms with Crippen LogP contribution in [-0.2, 0) is 6.61 Å². The summed E-state index contributed by atoms with van der Waals surface area (Å²) >= 11 is 0. The lowest BCUT2D eigenvalue weighted by Gasteiger charge is -2.14. The van der Waals surface area contributed by atoms with Gasteiger partial charge in [0.15, 0.2) is 0 Å². The molecule has 0 unspecified atom stereocenters. The predicted octanol–water partition coefficient (Wildman–Crippen LogP) is 1.73. The van der Waals surface area contributed by atoms with Gasteiger partial charge < -0.3 is 25.0 Å². The van der Waals surface area contributed by atoms with Crippen molar-refractivity contribution in [2.45, 2.75) is 12.7 Å². The summed E-state index contributed by atoms with van der Waals surface area (Å²) in [7, 11) is 0. The molecule has 0 radical (unpaired) electrons. The van der Waals surface area contributed by atoms with Gasteiger partial charge >= 0.3 is 0 Å². The highest BCUT2D eigenvalue weighted by Crippen LogP contribution is 2.20. The Kier molecular flexibility index (Phi) is 7.48. The van der Waals surface area contributed by atoms with Gasteiger partial charge in [-0.3, -0.25) is 0 Å². The molecule has 0 aromatic heterocycles. The Balaban J connectivity index is 1.79. The molecule has 0 aliphatic heterocycles. The Labute approximate surface area is 140 Å². The van der Waals surface area contributed by atoms with Gasteiger partial charge in [-0.2, -0.15) is 0 Å². The van der Waals surface area contributed by atoms with E-state index >= 15 is 0 Å². The van der Waals surface area contributed by atoms with Crippen molar-refractivity contribution < 1.29 is 24.1 Å². The summed E-state index contributed by atoms with van der Waals surface area (Å²) in [5.74, 6) is 0.943. The smallest absolute Gasteiger partial charge is 0.123 e. The van der Waals surface area contributed by atoms with Crippen LogP contribution in [0.3, 0.4) is 0 Å². The number of nitrogens with one attached hydrogen (secondary N) is 1. The minimum atomic E-state index is -0.666. The fourth-order valence-electron chi connectivity index (χ4n) is 2.00. The summed E-state index contributed by atoms with van der Waals surface area (Å²) in [6.07, 6.45) is -0.666. The van der Waals surface area contributed by atoms with Gasteiger partial charge in [0.1, 0.15) is 36.6 Å². The van der Waals surface area contributed by atoms with Crippen molar-refractivity contribution in [2.24, 2.45) is 0 Å². The molecule has 2 aromatic rings. The lowest BCUT2D eigenvalue weighted by atomic mass is 10.2. The van der Waals surface area contributed by atoms with E-state index in [2.05, 4.69) is 5.32 Å². The van der Waals surface area contributed by atoms with E-state index in [-0.39, 0.29) is 19.0 Å². The Morgan fingerprint density at radius 2 is 1.75 bits per heavy atom. The highest BCUT2D eigenvalue weighted by Gasteiger charge is 2.05. The third-order valence-corrected chi connectivity index (χ3v) is 3.24. The number of ether oxygens (including phenoxy) is 2. The minimum Gasteiger partial charge on any atom is -0.491 e. The van der Waals surface area contributed by atoms with Crippen LogP contribution in [0.2, 0.25) is 0 Å². The number of aliphatic hydroxyl groups is 2. The maximum atomic E-state index is 12.9. The molecular weight excluding hydrogens is 313 g/mol. The summed E-state index contributed by atoms with van der Waals surface area (Å²) in [6, 6.07) is 13.2. The molecule has 0 aliphatic rings. The topological polar surface area (TPSA) is 71.0 Å². The van der Waals surface area contributed by atoms with Gasteiger partial charge in [0.25, 0.3) is 0 Å². The summed E-state index contributed by atoms with van der Waals surface area (Å²) in [5, 5.41) is 21.3. The van der Waals surface area contributed by atoms with E-state index in [9.17, 15) is 9.50 Å². The molecule has 0 bridgehead atoms. The summed E-state index contributed by atoms with van der Waals surface area (Å²) < 4.78 is 24.0. The quantitative estimate of drug-likeness (QED) is 0.577. The first-order chi connectivity index (χ1) is 11.7. The van der Waals surface area contributed by atoms with Crippen LogP contribution >= 0.6 is 0 Å². The molecule has 1 atom stereocenters. The second-order valence-electron chi connectivity index (χ2n) is 5.28. The number of aliphatic hydroxyl groups excluding tert-OH is 2. The monoisotopic (exact) mass is 335 g/mol. The van der Waals surface area contributed by atoms with E-state index in [4.69, 9.17) is 14.6 Å². The van der Waals surface area contributed by atoms with Crippen LogP contribution in [-0.4, -0.2) is 42.6 Å². The average molecular weight is 335 g/mol. The molecule has 0 saturated heterocycles.